The van der Waals surface area contributed by atoms with Gasteiger partial charge in [-0.05, 0) is 0 Å². The van der Waals surface area contributed by atoms with Crippen LogP contribution in [0.1, 0.15) is 6.42 Å². The van der Waals surface area contributed by atoms with Gasteiger partial charge in [-0.3, -0.25) is 4.79 Å². The predicted octanol–water partition coefficient (Wildman–Crippen LogP) is -3.99. The van der Waals surface area contributed by atoms with Crippen molar-refractivity contribution in [2.24, 2.45) is 0 Å². The molecule has 0 fully saturated rings. The van der Waals surface area contributed by atoms with Gasteiger partial charge < -0.3 is 19.5 Å². The molecule has 5 nitrogen and oxygen atoms in total. The van der Waals surface area contributed by atoms with E-state index < -0.39 is 26.1 Å². The maximum atomic E-state index is 9.86. The molecule has 0 saturated carbocycles. The molecule has 1 unspecified atom stereocenters. The first kappa shape index (κ1) is 13.8. The van der Waals surface area contributed by atoms with Gasteiger partial charge in [0.15, 0.2) is 0 Å². The Hall–Kier alpha value is 1.26. The zero-order chi connectivity index (χ0) is 7.49. The van der Waals surface area contributed by atoms with Crippen LogP contribution in [0.2, 0.25) is 0 Å². The van der Waals surface area contributed by atoms with Crippen molar-refractivity contribution in [3.63, 3.8) is 0 Å². The van der Waals surface area contributed by atoms with Gasteiger partial charge in [0.1, 0.15) is 7.60 Å². The van der Waals surface area contributed by atoms with Crippen molar-refractivity contribution in [3.05, 3.63) is 0 Å². The van der Waals surface area contributed by atoms with Crippen LogP contribution >= 0.6 is 7.60 Å². The van der Waals surface area contributed by atoms with Gasteiger partial charge in [0.2, 0.25) is 0 Å². The Kier molecular flexibility index (Phi) is 8.08. The van der Waals surface area contributed by atoms with Crippen LogP contribution in [-0.4, -0.2) is 22.1 Å². The van der Waals surface area contributed by atoms with Crippen LogP contribution in [0, 0.1) is 0 Å². The topological polar surface area (TPSA) is 97.7 Å². The molecule has 0 aliphatic heterocycles. The van der Waals surface area contributed by atoms with Crippen LogP contribution in [0.3, 0.4) is 0 Å². The van der Waals surface area contributed by atoms with E-state index >= 15 is 0 Å². The van der Waals surface area contributed by atoms with Gasteiger partial charge in [-0.1, -0.05) is 0 Å². The summed E-state index contributed by atoms with van der Waals surface area (Å²) in [6.07, 6.45) is -1.24. The summed E-state index contributed by atoms with van der Waals surface area (Å²) < 4.78 is 9.86. The minimum Gasteiger partial charge on any atom is -0.779 e. The molecule has 0 aromatic carbocycles. The Bertz CT molecular complexity index is 151. The minimum atomic E-state index is -4.35. The summed E-state index contributed by atoms with van der Waals surface area (Å²) in [5.74, 6) is -1.24. The Balaban J connectivity index is 0. The molecule has 0 amide bonds. The Morgan fingerprint density at radius 2 is 2.00 bits per heavy atom. The quantitative estimate of drug-likeness (QED) is 0.351. The van der Waals surface area contributed by atoms with Gasteiger partial charge in [0.05, 0.1) is 6.42 Å². The molecule has 54 valence electrons. The number of carboxylic acid groups (broad SMARTS) is 1. The average Bonchev–Trinajstić information content (AvgIpc) is 1.59. The van der Waals surface area contributed by atoms with Gasteiger partial charge in [-0.25, -0.2) is 0 Å². The minimum absolute atomic E-state index is 0. The molecular weight excluding hydrogens is 186 g/mol. The van der Waals surface area contributed by atoms with Crippen LogP contribution in [-0.2, 0) is 9.36 Å². The number of rotatable bonds is 3. The standard InChI is InChI=1S/C3H7O5P.K/c4-3(5)1-2-9(6,7)8;/h1-2H2,(H,4,5)(H2,6,7,8);/q;+1/p-1. The second kappa shape index (κ2) is 5.85. The van der Waals surface area contributed by atoms with Gasteiger partial charge in [0.25, 0.3) is 0 Å². The molecule has 0 aromatic heterocycles. The van der Waals surface area contributed by atoms with Crippen LogP contribution in [0.25, 0.3) is 0 Å². The number of hydrogen-bond acceptors (Lipinski definition) is 3. The Morgan fingerprint density at radius 1 is 1.60 bits per heavy atom. The van der Waals surface area contributed by atoms with Crippen LogP contribution < -0.4 is 56.3 Å². The summed E-state index contributed by atoms with van der Waals surface area (Å²) in [5.41, 5.74) is 0. The molecule has 10 heavy (non-hydrogen) atoms. The molecule has 1 atom stereocenters. The van der Waals surface area contributed by atoms with Crippen molar-refractivity contribution in [1.29, 1.82) is 0 Å². The number of aliphatic carboxylic acids is 1. The van der Waals surface area contributed by atoms with Crippen molar-refractivity contribution in [1.82, 2.24) is 0 Å². The third-order valence-electron chi connectivity index (χ3n) is 0.608. The fourth-order valence-corrected chi connectivity index (χ4v) is 0.711. The monoisotopic (exact) mass is 192 g/mol. The zero-order valence-corrected chi connectivity index (χ0v) is 9.50. The molecule has 0 heterocycles. The summed E-state index contributed by atoms with van der Waals surface area (Å²) in [6, 6.07) is 0. The van der Waals surface area contributed by atoms with E-state index in [2.05, 4.69) is 0 Å². The van der Waals surface area contributed by atoms with Gasteiger partial charge in [-0.2, -0.15) is 0 Å². The zero-order valence-electron chi connectivity index (χ0n) is 5.48. The van der Waals surface area contributed by atoms with Crippen LogP contribution in [0.4, 0.5) is 0 Å². The van der Waals surface area contributed by atoms with Gasteiger partial charge in [-0.15, -0.1) is 0 Å². The summed E-state index contributed by atoms with van der Waals surface area (Å²) in [4.78, 5) is 27.5. The molecular formula is C3H6KO5P. The number of hydrogen-bond donors (Lipinski definition) is 2. The van der Waals surface area contributed by atoms with E-state index in [9.17, 15) is 14.3 Å². The predicted molar refractivity (Wildman–Crippen MR) is 26.9 cm³/mol. The molecule has 0 rings (SSSR count). The maximum Gasteiger partial charge on any atom is 1.00 e. The first-order chi connectivity index (χ1) is 3.92. The van der Waals surface area contributed by atoms with E-state index in [4.69, 9.17) is 10.00 Å². The van der Waals surface area contributed by atoms with E-state index in [1.54, 1.807) is 0 Å². The Morgan fingerprint density at radius 3 is 2.10 bits per heavy atom. The summed E-state index contributed by atoms with van der Waals surface area (Å²) in [6.45, 7) is 0. The first-order valence-electron chi connectivity index (χ1n) is 2.16. The summed E-state index contributed by atoms with van der Waals surface area (Å²) in [5, 5.41) is 7.91. The van der Waals surface area contributed by atoms with E-state index in [-0.39, 0.29) is 51.4 Å². The van der Waals surface area contributed by atoms with Gasteiger partial charge in [0, 0.05) is 6.16 Å². The van der Waals surface area contributed by atoms with Crippen molar-refractivity contribution in [2.75, 3.05) is 6.16 Å². The molecule has 0 bridgehead atoms. The second-order valence-corrected chi connectivity index (χ2v) is 3.23. The van der Waals surface area contributed by atoms with Gasteiger partial charge >= 0.3 is 57.4 Å². The normalized spacial score (nSPS) is 15.0. The smallest absolute Gasteiger partial charge is 0.779 e. The van der Waals surface area contributed by atoms with Crippen molar-refractivity contribution in [3.8, 4) is 0 Å². The summed E-state index contributed by atoms with van der Waals surface area (Å²) in [7, 11) is -4.35. The fourth-order valence-electron chi connectivity index (χ4n) is 0.237. The average molecular weight is 192 g/mol. The number of carboxylic acids is 1. The third-order valence-corrected chi connectivity index (χ3v) is 1.40. The molecule has 0 aliphatic carbocycles. The van der Waals surface area contributed by atoms with Crippen molar-refractivity contribution in [2.45, 2.75) is 6.42 Å². The molecule has 7 heteroatoms. The summed E-state index contributed by atoms with van der Waals surface area (Å²) >= 11 is 0. The maximum absolute atomic E-state index is 9.86. The first-order valence-corrected chi connectivity index (χ1v) is 3.93. The molecule has 2 N–H and O–H groups in total. The fraction of sp³-hybridized carbons (Fsp3) is 0.667. The molecule has 0 radical (unpaired) electrons. The molecule has 0 aromatic rings. The second-order valence-electron chi connectivity index (χ2n) is 1.50. The molecule has 0 aliphatic rings. The van der Waals surface area contributed by atoms with E-state index in [1.165, 1.54) is 0 Å². The SMILES string of the molecule is O=C(O)CCP(=O)([O-])O.[K+]. The van der Waals surface area contributed by atoms with Crippen molar-refractivity contribution >= 4 is 13.6 Å². The van der Waals surface area contributed by atoms with E-state index in [0.717, 1.165) is 0 Å². The Labute approximate surface area is 100 Å². The van der Waals surface area contributed by atoms with Crippen LogP contribution in [0.5, 0.6) is 0 Å². The van der Waals surface area contributed by atoms with Crippen molar-refractivity contribution < 1.29 is 75.6 Å². The molecule has 0 saturated heterocycles. The van der Waals surface area contributed by atoms with E-state index in [0.29, 0.717) is 0 Å². The van der Waals surface area contributed by atoms with Crippen LogP contribution in [0.15, 0.2) is 0 Å². The number of carbonyl (C=O) groups is 1. The largest absolute Gasteiger partial charge is 1.00 e. The van der Waals surface area contributed by atoms with E-state index in [1.807, 2.05) is 0 Å². The molecule has 0 spiro atoms. The third kappa shape index (κ3) is 12.0.